The first kappa shape index (κ1) is 16.6. The molecule has 7 heteroatoms. The Labute approximate surface area is 148 Å². The number of phenolic OH excluding ortho intramolecular Hbond substituents is 1. The Balaban J connectivity index is 2.51. The maximum Gasteiger partial charge on any atom is 0.167 e. The van der Waals surface area contributed by atoms with E-state index in [0.29, 0.717) is 31.5 Å². The Kier molecular flexibility index (Phi) is 5.54. The molecule has 21 heavy (non-hydrogen) atoms. The zero-order chi connectivity index (χ0) is 15.6. The van der Waals surface area contributed by atoms with Crippen LogP contribution in [0.2, 0.25) is 10.0 Å². The second kappa shape index (κ2) is 7.01. The number of aliphatic imine (C=N–C) groups is 1. The highest BCUT2D eigenvalue weighted by atomic mass is 79.9. The highest BCUT2D eigenvalue weighted by Crippen LogP contribution is 2.40. The predicted octanol–water partition coefficient (Wildman–Crippen LogP) is 5.98. The number of methoxy groups -OCH3 is 1. The summed E-state index contributed by atoms with van der Waals surface area (Å²) in [5.41, 5.74) is 0.978. The van der Waals surface area contributed by atoms with Crippen molar-refractivity contribution in [3.63, 3.8) is 0 Å². The molecule has 0 heterocycles. The van der Waals surface area contributed by atoms with Gasteiger partial charge in [-0.15, -0.1) is 0 Å². The minimum atomic E-state index is -0.0190. The number of rotatable bonds is 3. The summed E-state index contributed by atoms with van der Waals surface area (Å²) in [5.74, 6) is 0.318. The molecule has 0 unspecified atom stereocenters. The fourth-order valence-electron chi connectivity index (χ4n) is 1.61. The summed E-state index contributed by atoms with van der Waals surface area (Å²) in [4.78, 5) is 4.27. The number of nitrogens with zero attached hydrogens (tertiary/aromatic N) is 1. The summed E-state index contributed by atoms with van der Waals surface area (Å²) in [6.45, 7) is 0. The van der Waals surface area contributed by atoms with Crippen LogP contribution in [0, 0.1) is 0 Å². The van der Waals surface area contributed by atoms with E-state index in [2.05, 4.69) is 36.9 Å². The number of hydrogen-bond donors (Lipinski definition) is 1. The first-order valence-electron chi connectivity index (χ1n) is 5.68. The van der Waals surface area contributed by atoms with Crippen LogP contribution in [0.15, 0.2) is 38.2 Å². The molecule has 2 aromatic carbocycles. The molecule has 0 amide bonds. The number of benzene rings is 2. The molecule has 3 nitrogen and oxygen atoms in total. The lowest BCUT2D eigenvalue weighted by Crippen LogP contribution is -1.92. The Morgan fingerprint density at radius 2 is 2.00 bits per heavy atom. The van der Waals surface area contributed by atoms with Crippen LogP contribution in [0.4, 0.5) is 5.69 Å². The van der Waals surface area contributed by atoms with Gasteiger partial charge in [0.1, 0.15) is 0 Å². The Hall–Kier alpha value is -0.750. The molecular weight excluding hydrogens is 445 g/mol. The van der Waals surface area contributed by atoms with Crippen LogP contribution in [0.5, 0.6) is 11.5 Å². The van der Waals surface area contributed by atoms with Gasteiger partial charge < -0.3 is 9.84 Å². The molecule has 0 radical (unpaired) electrons. The van der Waals surface area contributed by atoms with Crippen LogP contribution < -0.4 is 4.74 Å². The molecule has 0 bridgehead atoms. The molecule has 110 valence electrons. The summed E-state index contributed by atoms with van der Waals surface area (Å²) < 4.78 is 6.49. The number of phenols is 1. The lowest BCUT2D eigenvalue weighted by Gasteiger charge is -2.10. The smallest absolute Gasteiger partial charge is 0.167 e. The first-order valence-corrected chi connectivity index (χ1v) is 8.03. The van der Waals surface area contributed by atoms with Gasteiger partial charge in [-0.1, -0.05) is 29.3 Å². The van der Waals surface area contributed by atoms with Crippen LogP contribution in [-0.2, 0) is 0 Å². The molecule has 2 rings (SSSR count). The molecule has 0 aliphatic rings. The molecule has 2 aromatic rings. The summed E-state index contributed by atoms with van der Waals surface area (Å²) in [6.07, 6.45) is 1.49. The largest absolute Gasteiger partial charge is 0.504 e. The predicted molar refractivity (Wildman–Crippen MR) is 93.8 cm³/mol. The first-order chi connectivity index (χ1) is 9.95. The van der Waals surface area contributed by atoms with E-state index < -0.39 is 0 Å². The van der Waals surface area contributed by atoms with Gasteiger partial charge in [-0.25, -0.2) is 0 Å². The molecule has 0 fully saturated rings. The molecule has 0 aromatic heterocycles. The van der Waals surface area contributed by atoms with Crippen molar-refractivity contribution in [3.8, 4) is 11.5 Å². The molecule has 0 saturated heterocycles. The van der Waals surface area contributed by atoms with Crippen molar-refractivity contribution in [2.75, 3.05) is 7.11 Å². The van der Waals surface area contributed by atoms with E-state index in [4.69, 9.17) is 27.9 Å². The Morgan fingerprint density at radius 3 is 2.67 bits per heavy atom. The second-order valence-corrected chi connectivity index (χ2v) is 6.40. The topological polar surface area (TPSA) is 41.8 Å². The van der Waals surface area contributed by atoms with E-state index in [-0.39, 0.29) is 5.75 Å². The van der Waals surface area contributed by atoms with Gasteiger partial charge in [0, 0.05) is 15.2 Å². The molecule has 0 saturated carbocycles. The molecule has 0 aliphatic heterocycles. The van der Waals surface area contributed by atoms with Crippen molar-refractivity contribution in [2.24, 2.45) is 4.99 Å². The number of aromatic hydroxyl groups is 1. The number of ether oxygens (including phenoxy) is 1. The minimum Gasteiger partial charge on any atom is -0.504 e. The zero-order valence-electron chi connectivity index (χ0n) is 10.7. The normalized spacial score (nSPS) is 11.1. The highest BCUT2D eigenvalue weighted by molar-refractivity contribution is 9.13. The molecule has 0 atom stereocenters. The van der Waals surface area contributed by atoms with Crippen LogP contribution >= 0.6 is 55.1 Å². The molecule has 0 spiro atoms. The van der Waals surface area contributed by atoms with Crippen LogP contribution in [0.3, 0.4) is 0 Å². The lowest BCUT2D eigenvalue weighted by molar-refractivity contribution is 0.372. The summed E-state index contributed by atoms with van der Waals surface area (Å²) in [6, 6.07) is 6.81. The maximum atomic E-state index is 10.2. The van der Waals surface area contributed by atoms with E-state index in [9.17, 15) is 5.11 Å². The summed E-state index contributed by atoms with van der Waals surface area (Å²) >= 11 is 18.8. The van der Waals surface area contributed by atoms with E-state index in [1.807, 2.05) is 0 Å². The van der Waals surface area contributed by atoms with E-state index in [1.54, 1.807) is 24.3 Å². The Bertz CT molecular complexity index is 721. The second-order valence-electron chi connectivity index (χ2n) is 3.97. The van der Waals surface area contributed by atoms with Crippen molar-refractivity contribution < 1.29 is 9.84 Å². The van der Waals surface area contributed by atoms with Crippen molar-refractivity contribution in [2.45, 2.75) is 0 Å². The van der Waals surface area contributed by atoms with Gasteiger partial charge in [-0.05, 0) is 50.1 Å². The SMILES string of the molecule is COc1cc(Br)c(Br)c(C=Nc2cccc(Cl)c2Cl)c1O. The third-order valence-corrected chi connectivity index (χ3v) is 5.50. The third-order valence-electron chi connectivity index (χ3n) is 2.68. The Morgan fingerprint density at radius 1 is 1.29 bits per heavy atom. The third kappa shape index (κ3) is 3.54. The standard InChI is InChI=1S/C14H9Br2Cl2NO2/c1-21-11-5-8(15)12(16)7(14(11)20)6-19-10-4-2-3-9(17)13(10)18/h2-6,20H,1H3. The number of halogens is 4. The lowest BCUT2D eigenvalue weighted by atomic mass is 10.2. The van der Waals surface area contributed by atoms with E-state index in [1.165, 1.54) is 13.3 Å². The zero-order valence-corrected chi connectivity index (χ0v) is 15.4. The van der Waals surface area contributed by atoms with Crippen molar-refractivity contribution in [1.82, 2.24) is 0 Å². The van der Waals surface area contributed by atoms with Crippen LogP contribution in [0.25, 0.3) is 0 Å². The van der Waals surface area contributed by atoms with Crippen LogP contribution in [-0.4, -0.2) is 18.4 Å². The number of hydrogen-bond acceptors (Lipinski definition) is 3. The van der Waals surface area contributed by atoms with Gasteiger partial charge in [-0.3, -0.25) is 4.99 Å². The van der Waals surface area contributed by atoms with Crippen molar-refractivity contribution in [3.05, 3.63) is 48.8 Å². The molecule has 1 N–H and O–H groups in total. The van der Waals surface area contributed by atoms with Gasteiger partial charge >= 0.3 is 0 Å². The van der Waals surface area contributed by atoms with E-state index in [0.717, 1.165) is 4.47 Å². The quantitative estimate of drug-likeness (QED) is 0.580. The van der Waals surface area contributed by atoms with Crippen molar-refractivity contribution in [1.29, 1.82) is 0 Å². The van der Waals surface area contributed by atoms with Gasteiger partial charge in [-0.2, -0.15) is 0 Å². The van der Waals surface area contributed by atoms with Crippen molar-refractivity contribution >= 4 is 67.0 Å². The highest BCUT2D eigenvalue weighted by Gasteiger charge is 2.14. The van der Waals surface area contributed by atoms with Gasteiger partial charge in [0.15, 0.2) is 11.5 Å². The van der Waals surface area contributed by atoms with E-state index >= 15 is 0 Å². The maximum absolute atomic E-state index is 10.2. The fourth-order valence-corrected chi connectivity index (χ4v) is 2.78. The van der Waals surface area contributed by atoms with Crippen LogP contribution in [0.1, 0.15) is 5.56 Å². The molecule has 0 aliphatic carbocycles. The average Bonchev–Trinajstić information content (AvgIpc) is 2.47. The summed E-state index contributed by atoms with van der Waals surface area (Å²) in [7, 11) is 1.48. The fraction of sp³-hybridized carbons (Fsp3) is 0.0714. The molecular formula is C14H9Br2Cl2NO2. The summed E-state index contributed by atoms with van der Waals surface area (Å²) in [5, 5.41) is 10.9. The van der Waals surface area contributed by atoms with Gasteiger partial charge in [0.05, 0.1) is 28.4 Å². The average molecular weight is 454 g/mol. The minimum absolute atomic E-state index is 0.0190. The van der Waals surface area contributed by atoms with Gasteiger partial charge in [0.2, 0.25) is 0 Å². The van der Waals surface area contributed by atoms with Gasteiger partial charge in [0.25, 0.3) is 0 Å². The monoisotopic (exact) mass is 451 g/mol.